The molecule has 2 heteroatoms. The number of halogens is 1. The van der Waals surface area contributed by atoms with Gasteiger partial charge in [0.05, 0.1) is 0 Å². The lowest BCUT2D eigenvalue weighted by molar-refractivity contribution is 1.43. The van der Waals surface area contributed by atoms with E-state index in [-0.39, 0.29) is 6.15 Å². The molecule has 1 nitrogen and oxygen atoms in total. The van der Waals surface area contributed by atoms with E-state index in [9.17, 15) is 0 Å². The van der Waals surface area contributed by atoms with E-state index in [0.717, 1.165) is 5.57 Å². The Balaban J connectivity index is 0. The fraction of sp³-hybridized carbons (Fsp3) is 0.500. The minimum atomic E-state index is 0. The molecule has 0 rings (SSSR count). The number of rotatable bonds is 1. The second-order valence-electron chi connectivity index (χ2n) is 1.09. The van der Waals surface area contributed by atoms with Gasteiger partial charge in [0, 0.05) is 5.88 Å². The first kappa shape index (κ1) is 9.37. The van der Waals surface area contributed by atoms with Crippen LogP contribution in [0.3, 0.4) is 0 Å². The lowest BCUT2D eigenvalue weighted by Crippen LogP contribution is -1.65. The Labute approximate surface area is 43.6 Å². The molecule has 0 bridgehead atoms. The molecule has 0 atom stereocenters. The molecular weight excluding hydrogens is 97.5 g/mol. The maximum atomic E-state index is 5.24. The molecule has 0 unspecified atom stereocenters. The lowest BCUT2D eigenvalue weighted by atomic mass is 10.4. The third-order valence-corrected chi connectivity index (χ3v) is 0.684. The van der Waals surface area contributed by atoms with E-state index < -0.39 is 0 Å². The summed E-state index contributed by atoms with van der Waals surface area (Å²) in [4.78, 5) is 0. The quantitative estimate of drug-likeness (QED) is 0.404. The number of hydrogen-bond acceptors (Lipinski definition) is 1. The monoisotopic (exact) mass is 107 g/mol. The molecule has 0 spiro atoms. The Kier molecular flexibility index (Phi) is 7.79. The highest BCUT2D eigenvalue weighted by Gasteiger charge is 1.70. The van der Waals surface area contributed by atoms with Crippen LogP contribution in [0, 0.1) is 0 Å². The molecule has 6 heavy (non-hydrogen) atoms. The van der Waals surface area contributed by atoms with Gasteiger partial charge in [0.2, 0.25) is 0 Å². The van der Waals surface area contributed by atoms with Crippen LogP contribution in [0.15, 0.2) is 12.2 Å². The molecule has 0 aliphatic heterocycles. The molecular formula is C4H10ClN. The van der Waals surface area contributed by atoms with Gasteiger partial charge in [-0.3, -0.25) is 0 Å². The summed E-state index contributed by atoms with van der Waals surface area (Å²) in [6, 6.07) is 0. The van der Waals surface area contributed by atoms with Crippen LogP contribution in [0.1, 0.15) is 6.92 Å². The Bertz CT molecular complexity index is 42.8. The van der Waals surface area contributed by atoms with Gasteiger partial charge in [-0.2, -0.15) is 0 Å². The smallest absolute Gasteiger partial charge is 0.0428 e. The predicted molar refractivity (Wildman–Crippen MR) is 30.6 cm³/mol. The van der Waals surface area contributed by atoms with Crippen LogP contribution in [0.5, 0.6) is 0 Å². The first-order chi connectivity index (χ1) is 2.27. The molecule has 3 N–H and O–H groups in total. The second-order valence-corrected chi connectivity index (χ2v) is 1.36. The van der Waals surface area contributed by atoms with Crippen molar-refractivity contribution in [3.05, 3.63) is 12.2 Å². The van der Waals surface area contributed by atoms with Gasteiger partial charge in [0.1, 0.15) is 0 Å². The Morgan fingerprint density at radius 3 is 2.00 bits per heavy atom. The molecule has 38 valence electrons. The summed E-state index contributed by atoms with van der Waals surface area (Å²) in [5.41, 5.74) is 1.02. The predicted octanol–water partition coefficient (Wildman–Crippen LogP) is 1.96. The number of hydrogen-bond donors (Lipinski definition) is 1. The first-order valence-electron chi connectivity index (χ1n) is 1.47. The van der Waals surface area contributed by atoms with E-state index in [1.54, 1.807) is 0 Å². The van der Waals surface area contributed by atoms with Gasteiger partial charge < -0.3 is 6.15 Å². The molecule has 0 aromatic heterocycles. The summed E-state index contributed by atoms with van der Waals surface area (Å²) in [6.45, 7) is 5.44. The van der Waals surface area contributed by atoms with E-state index >= 15 is 0 Å². The first-order valence-corrected chi connectivity index (χ1v) is 2.01. The Morgan fingerprint density at radius 2 is 2.00 bits per heavy atom. The highest BCUT2D eigenvalue weighted by atomic mass is 35.5. The normalized spacial score (nSPS) is 6.33. The van der Waals surface area contributed by atoms with E-state index in [1.165, 1.54) is 0 Å². The van der Waals surface area contributed by atoms with Gasteiger partial charge in [-0.25, -0.2) is 0 Å². The van der Waals surface area contributed by atoms with Crippen LogP contribution >= 0.6 is 11.6 Å². The highest BCUT2D eigenvalue weighted by Crippen LogP contribution is 1.86. The number of alkyl halides is 1. The molecule has 0 heterocycles. The fourth-order valence-electron chi connectivity index (χ4n) is 0. The molecule has 0 fully saturated rings. The third-order valence-electron chi connectivity index (χ3n) is 0.228. The van der Waals surface area contributed by atoms with Crippen molar-refractivity contribution in [2.75, 3.05) is 5.88 Å². The molecule has 0 aromatic carbocycles. The minimum absolute atomic E-state index is 0. The second kappa shape index (κ2) is 4.99. The largest absolute Gasteiger partial charge is 0.344 e. The fourth-order valence-corrected chi connectivity index (χ4v) is 0. The summed E-state index contributed by atoms with van der Waals surface area (Å²) < 4.78 is 0. The van der Waals surface area contributed by atoms with Crippen molar-refractivity contribution in [2.24, 2.45) is 0 Å². The summed E-state index contributed by atoms with van der Waals surface area (Å²) in [5.74, 6) is 0.583. The van der Waals surface area contributed by atoms with Crippen molar-refractivity contribution in [1.82, 2.24) is 6.15 Å². The van der Waals surface area contributed by atoms with E-state index in [0.29, 0.717) is 5.88 Å². The highest BCUT2D eigenvalue weighted by molar-refractivity contribution is 6.19. The van der Waals surface area contributed by atoms with Crippen molar-refractivity contribution in [2.45, 2.75) is 6.92 Å². The molecule has 0 aliphatic rings. The molecule has 0 saturated carbocycles. The van der Waals surface area contributed by atoms with E-state index in [1.807, 2.05) is 6.92 Å². The zero-order valence-electron chi connectivity index (χ0n) is 4.00. The van der Waals surface area contributed by atoms with Crippen LogP contribution in [-0.2, 0) is 0 Å². The summed E-state index contributed by atoms with van der Waals surface area (Å²) in [6.07, 6.45) is 0. The van der Waals surface area contributed by atoms with Crippen molar-refractivity contribution in [3.63, 3.8) is 0 Å². The molecule has 0 radical (unpaired) electrons. The van der Waals surface area contributed by atoms with Gasteiger partial charge in [-0.05, 0) is 6.92 Å². The van der Waals surface area contributed by atoms with Crippen LogP contribution in [-0.4, -0.2) is 5.88 Å². The lowest BCUT2D eigenvalue weighted by Gasteiger charge is -1.77. The summed E-state index contributed by atoms with van der Waals surface area (Å²) in [7, 11) is 0. The SMILES string of the molecule is C=C(C)CCl.N. The molecule has 0 saturated heterocycles. The van der Waals surface area contributed by atoms with E-state index in [2.05, 4.69) is 6.58 Å². The zero-order valence-corrected chi connectivity index (χ0v) is 4.76. The summed E-state index contributed by atoms with van der Waals surface area (Å²) >= 11 is 5.24. The van der Waals surface area contributed by atoms with Crippen molar-refractivity contribution in [1.29, 1.82) is 0 Å². The maximum Gasteiger partial charge on any atom is 0.0428 e. The van der Waals surface area contributed by atoms with Crippen molar-refractivity contribution < 1.29 is 0 Å². The molecule has 0 amide bonds. The van der Waals surface area contributed by atoms with Gasteiger partial charge in [0.15, 0.2) is 0 Å². The average Bonchev–Trinajstić information content (AvgIpc) is 1.38. The number of allylic oxidation sites excluding steroid dienone is 1. The van der Waals surface area contributed by atoms with Crippen LogP contribution in [0.4, 0.5) is 0 Å². The van der Waals surface area contributed by atoms with Crippen LogP contribution in [0.2, 0.25) is 0 Å². The van der Waals surface area contributed by atoms with Crippen LogP contribution < -0.4 is 6.15 Å². The maximum absolute atomic E-state index is 5.24. The average molecular weight is 108 g/mol. The van der Waals surface area contributed by atoms with E-state index in [4.69, 9.17) is 11.6 Å². The minimum Gasteiger partial charge on any atom is -0.344 e. The van der Waals surface area contributed by atoms with Gasteiger partial charge in [-0.15, -0.1) is 11.6 Å². The van der Waals surface area contributed by atoms with Crippen molar-refractivity contribution >= 4 is 11.6 Å². The van der Waals surface area contributed by atoms with Gasteiger partial charge >= 0.3 is 0 Å². The van der Waals surface area contributed by atoms with Gasteiger partial charge in [0.25, 0.3) is 0 Å². The third kappa shape index (κ3) is 9.01. The Hall–Kier alpha value is -0.0100. The molecule has 0 aromatic rings. The molecule has 0 aliphatic carbocycles. The Morgan fingerprint density at radius 1 is 1.83 bits per heavy atom. The zero-order chi connectivity index (χ0) is 4.28. The summed E-state index contributed by atoms with van der Waals surface area (Å²) in [5, 5.41) is 0. The van der Waals surface area contributed by atoms with Gasteiger partial charge in [-0.1, -0.05) is 12.2 Å². The standard InChI is InChI=1S/C4H7Cl.H3N/c1-4(2)3-5;/h1,3H2,2H3;1H3. The topological polar surface area (TPSA) is 35.0 Å². The van der Waals surface area contributed by atoms with Crippen LogP contribution in [0.25, 0.3) is 0 Å². The van der Waals surface area contributed by atoms with Crippen molar-refractivity contribution in [3.8, 4) is 0 Å².